The topological polar surface area (TPSA) is 12.0 Å². The molecule has 0 saturated carbocycles. The Kier molecular flexibility index (Phi) is 1.80. The molecule has 0 radical (unpaired) electrons. The smallest absolute Gasteiger partial charge is 0.0394 e. The molecular weight excluding hydrogens is 118 g/mol. The van der Waals surface area contributed by atoms with Crippen molar-refractivity contribution in [1.82, 2.24) is 5.32 Å². The summed E-state index contributed by atoms with van der Waals surface area (Å²) in [5, 5.41) is 4.67. The lowest BCUT2D eigenvalue weighted by molar-refractivity contribution is 1.03. The predicted octanol–water partition coefficient (Wildman–Crippen LogP) is 1.43. The molecule has 0 aliphatic carbocycles. The minimum atomic E-state index is 1.13. The fourth-order valence-electron chi connectivity index (χ4n) is 0.430. The lowest BCUT2D eigenvalue weighted by Crippen LogP contribution is -2.10. The summed E-state index contributed by atoms with van der Waals surface area (Å²) in [5.41, 5.74) is 1.13. The first-order valence-electron chi connectivity index (χ1n) is 2.37. The average molecular weight is 125 g/mol. The fraction of sp³-hybridized carbons (Fsp3) is 0. The first kappa shape index (κ1) is 5.51. The highest BCUT2D eigenvalue weighted by atomic mass is 32.1. The molecule has 1 aliphatic heterocycles. The van der Waals surface area contributed by atoms with Gasteiger partial charge in [0.2, 0.25) is 0 Å². The van der Waals surface area contributed by atoms with Gasteiger partial charge in [0, 0.05) is 11.9 Å². The molecule has 0 unspecified atom stereocenters. The summed E-state index contributed by atoms with van der Waals surface area (Å²) in [6.07, 6.45) is 7.70. The van der Waals surface area contributed by atoms with Crippen molar-refractivity contribution in [2.24, 2.45) is 0 Å². The van der Waals surface area contributed by atoms with E-state index in [1.165, 1.54) is 0 Å². The molecule has 0 bridgehead atoms. The van der Waals surface area contributed by atoms with Crippen LogP contribution in [0.2, 0.25) is 0 Å². The van der Waals surface area contributed by atoms with Gasteiger partial charge in [-0.25, -0.2) is 0 Å². The third-order valence-corrected chi connectivity index (χ3v) is 1.05. The zero-order valence-electron chi connectivity index (χ0n) is 4.33. The molecular formula is C6H7NS. The predicted molar refractivity (Wildman–Crippen MR) is 38.5 cm³/mol. The third-order valence-electron chi connectivity index (χ3n) is 0.875. The Hall–Kier alpha value is -0.630. The molecule has 1 N–H and O–H groups in total. The zero-order valence-corrected chi connectivity index (χ0v) is 5.23. The summed E-state index contributed by atoms with van der Waals surface area (Å²) in [6, 6.07) is 0. The minimum absolute atomic E-state index is 1.13. The summed E-state index contributed by atoms with van der Waals surface area (Å²) in [7, 11) is 0. The molecule has 42 valence electrons. The first-order valence-corrected chi connectivity index (χ1v) is 2.89. The summed E-state index contributed by atoms with van der Waals surface area (Å²) in [6.45, 7) is 0. The van der Waals surface area contributed by atoms with Gasteiger partial charge in [0.05, 0.1) is 0 Å². The second-order valence-corrected chi connectivity index (χ2v) is 1.74. The van der Waals surface area contributed by atoms with Gasteiger partial charge in [0.15, 0.2) is 0 Å². The first-order chi connectivity index (χ1) is 3.93. The molecule has 0 aromatic rings. The van der Waals surface area contributed by atoms with Crippen LogP contribution in [0.25, 0.3) is 0 Å². The molecule has 0 aromatic carbocycles. The molecule has 0 fully saturated rings. The van der Waals surface area contributed by atoms with E-state index in [4.69, 9.17) is 0 Å². The van der Waals surface area contributed by atoms with Gasteiger partial charge in [-0.05, 0) is 17.6 Å². The Bertz CT molecular complexity index is 156. The molecule has 0 spiro atoms. The number of hydrogen-bond donors (Lipinski definition) is 2. The maximum Gasteiger partial charge on any atom is 0.0394 e. The van der Waals surface area contributed by atoms with E-state index in [0.717, 1.165) is 5.70 Å². The van der Waals surface area contributed by atoms with Crippen LogP contribution in [0, 0.1) is 0 Å². The van der Waals surface area contributed by atoms with Gasteiger partial charge >= 0.3 is 0 Å². The van der Waals surface area contributed by atoms with Crippen molar-refractivity contribution in [3.8, 4) is 0 Å². The lowest BCUT2D eigenvalue weighted by atomic mass is 10.3. The third kappa shape index (κ3) is 1.17. The van der Waals surface area contributed by atoms with Crippen LogP contribution in [0.5, 0.6) is 0 Å². The van der Waals surface area contributed by atoms with Gasteiger partial charge < -0.3 is 5.32 Å². The molecule has 1 heterocycles. The van der Waals surface area contributed by atoms with Crippen LogP contribution in [0.4, 0.5) is 0 Å². The molecule has 0 aromatic heterocycles. The quantitative estimate of drug-likeness (QED) is 0.505. The molecule has 0 amide bonds. The second kappa shape index (κ2) is 2.62. The molecule has 1 nitrogen and oxygen atoms in total. The van der Waals surface area contributed by atoms with Crippen LogP contribution in [-0.4, -0.2) is 0 Å². The Morgan fingerprint density at radius 3 is 2.75 bits per heavy atom. The summed E-state index contributed by atoms with van der Waals surface area (Å²) in [5.74, 6) is 0. The van der Waals surface area contributed by atoms with Crippen molar-refractivity contribution in [2.75, 3.05) is 0 Å². The highest BCUT2D eigenvalue weighted by Crippen LogP contribution is 2.00. The molecule has 1 rings (SSSR count). The van der Waals surface area contributed by atoms with Gasteiger partial charge in [0.1, 0.15) is 0 Å². The van der Waals surface area contributed by atoms with Crippen LogP contribution < -0.4 is 5.32 Å². The number of rotatable bonds is 1. The maximum atomic E-state index is 3.88. The van der Waals surface area contributed by atoms with Crippen molar-refractivity contribution in [2.45, 2.75) is 0 Å². The van der Waals surface area contributed by atoms with E-state index in [1.807, 2.05) is 24.4 Å². The molecule has 0 atom stereocenters. The highest BCUT2D eigenvalue weighted by molar-refractivity contribution is 7.83. The largest absolute Gasteiger partial charge is 0.362 e. The van der Waals surface area contributed by atoms with E-state index in [9.17, 15) is 0 Å². The van der Waals surface area contributed by atoms with Crippen LogP contribution in [0.15, 0.2) is 35.5 Å². The maximum absolute atomic E-state index is 3.88. The van der Waals surface area contributed by atoms with Crippen molar-refractivity contribution in [3.05, 3.63) is 35.5 Å². The summed E-state index contributed by atoms with van der Waals surface area (Å²) < 4.78 is 0. The van der Waals surface area contributed by atoms with Crippen LogP contribution in [0.1, 0.15) is 0 Å². The van der Waals surface area contributed by atoms with Gasteiger partial charge in [0.25, 0.3) is 0 Å². The van der Waals surface area contributed by atoms with E-state index in [1.54, 1.807) is 5.41 Å². The van der Waals surface area contributed by atoms with E-state index < -0.39 is 0 Å². The van der Waals surface area contributed by atoms with Crippen LogP contribution >= 0.6 is 12.6 Å². The summed E-state index contributed by atoms with van der Waals surface area (Å²) in [4.78, 5) is 0. The normalized spacial score (nSPS) is 21.4. The molecule has 0 saturated heterocycles. The van der Waals surface area contributed by atoms with Crippen molar-refractivity contribution < 1.29 is 0 Å². The number of thiol groups is 1. The number of allylic oxidation sites excluding steroid dienone is 3. The standard InChI is InChI=1S/C6H7NS/c8-5-1-2-6-3-4-7-6/h1-5,7-8H/b5-1-,6-2-. The van der Waals surface area contributed by atoms with Crippen LogP contribution in [-0.2, 0) is 0 Å². The fourth-order valence-corrected chi connectivity index (χ4v) is 0.516. The van der Waals surface area contributed by atoms with Gasteiger partial charge in [-0.2, -0.15) is 12.6 Å². The SMILES string of the molecule is S/C=C\C=C1\C=CN1. The minimum Gasteiger partial charge on any atom is -0.362 e. The Balaban J connectivity index is 2.44. The van der Waals surface area contributed by atoms with Gasteiger partial charge in [-0.1, -0.05) is 6.08 Å². The lowest BCUT2D eigenvalue weighted by Gasteiger charge is -2.07. The molecule has 8 heavy (non-hydrogen) atoms. The average Bonchev–Trinajstić information content (AvgIpc) is 1.63. The molecule has 1 aliphatic rings. The monoisotopic (exact) mass is 125 g/mol. The Morgan fingerprint density at radius 2 is 2.38 bits per heavy atom. The van der Waals surface area contributed by atoms with Crippen molar-refractivity contribution in [3.63, 3.8) is 0 Å². The number of nitrogens with one attached hydrogen (secondary N) is 1. The molecule has 2 heteroatoms. The Labute approximate surface area is 54.2 Å². The van der Waals surface area contributed by atoms with Gasteiger partial charge in [-0.15, -0.1) is 0 Å². The second-order valence-electron chi connectivity index (χ2n) is 1.44. The van der Waals surface area contributed by atoms with Crippen molar-refractivity contribution >= 4 is 12.6 Å². The van der Waals surface area contributed by atoms with E-state index in [2.05, 4.69) is 17.9 Å². The van der Waals surface area contributed by atoms with Crippen LogP contribution in [0.3, 0.4) is 0 Å². The van der Waals surface area contributed by atoms with E-state index in [0.29, 0.717) is 0 Å². The zero-order chi connectivity index (χ0) is 5.82. The summed E-state index contributed by atoms with van der Waals surface area (Å²) >= 11 is 3.88. The van der Waals surface area contributed by atoms with Gasteiger partial charge in [-0.3, -0.25) is 0 Å². The van der Waals surface area contributed by atoms with E-state index in [-0.39, 0.29) is 0 Å². The van der Waals surface area contributed by atoms with E-state index >= 15 is 0 Å². The van der Waals surface area contributed by atoms with Crippen molar-refractivity contribution in [1.29, 1.82) is 0 Å². The Morgan fingerprint density at radius 1 is 1.62 bits per heavy atom. The number of hydrogen-bond acceptors (Lipinski definition) is 2. The highest BCUT2D eigenvalue weighted by Gasteiger charge is 1.91.